The number of ether oxygens (including phenoxy) is 2. The van der Waals surface area contributed by atoms with Gasteiger partial charge < -0.3 is 14.4 Å². The summed E-state index contributed by atoms with van der Waals surface area (Å²) in [5.41, 5.74) is 2.08. The lowest BCUT2D eigenvalue weighted by Crippen LogP contribution is -2.52. The van der Waals surface area contributed by atoms with Crippen molar-refractivity contribution >= 4 is 34.9 Å². The van der Waals surface area contributed by atoms with Crippen molar-refractivity contribution in [2.24, 2.45) is 0 Å². The lowest BCUT2D eigenvalue weighted by atomic mass is 10.1. The van der Waals surface area contributed by atoms with Gasteiger partial charge in [0.2, 0.25) is 11.7 Å². The number of hydrogen-bond donors (Lipinski definition) is 0. The minimum absolute atomic E-state index is 0.124. The zero-order valence-electron chi connectivity index (χ0n) is 21.6. The first kappa shape index (κ1) is 26.1. The molecule has 0 bridgehead atoms. The minimum Gasteiger partial charge on any atom is -0.496 e. The van der Waals surface area contributed by atoms with Crippen molar-refractivity contribution < 1.29 is 28.7 Å². The van der Waals surface area contributed by atoms with E-state index in [1.807, 2.05) is 18.2 Å². The Morgan fingerprint density at radius 2 is 1.49 bits per heavy atom. The van der Waals surface area contributed by atoms with Crippen LogP contribution < -0.4 is 14.5 Å². The number of carbonyl (C=O) groups is 4. The topological polar surface area (TPSA) is 96.5 Å². The number of Topliss-reactive ketones (excluding diaryl/α,β-unsaturated/α-hetero) is 1. The van der Waals surface area contributed by atoms with Gasteiger partial charge in [-0.15, -0.1) is 0 Å². The van der Waals surface area contributed by atoms with E-state index < -0.39 is 18.6 Å². The van der Waals surface area contributed by atoms with Gasteiger partial charge in [0, 0.05) is 31.9 Å². The van der Waals surface area contributed by atoms with Crippen LogP contribution >= 0.6 is 0 Å². The van der Waals surface area contributed by atoms with Gasteiger partial charge in [-0.1, -0.05) is 30.3 Å². The van der Waals surface area contributed by atoms with Crippen LogP contribution in [0.1, 0.15) is 27.1 Å². The van der Waals surface area contributed by atoms with Crippen molar-refractivity contribution in [3.8, 4) is 5.75 Å². The molecule has 0 N–H and O–H groups in total. The first-order chi connectivity index (χ1) is 19.0. The van der Waals surface area contributed by atoms with Crippen molar-refractivity contribution in [3.63, 3.8) is 0 Å². The first-order valence-corrected chi connectivity index (χ1v) is 12.8. The van der Waals surface area contributed by atoms with Crippen LogP contribution in [-0.2, 0) is 14.3 Å². The molecule has 3 aromatic rings. The average molecular weight is 528 g/mol. The molecule has 0 saturated carbocycles. The smallest absolute Gasteiger partial charge is 0.338 e. The molecule has 2 aliphatic rings. The maximum absolute atomic E-state index is 13.3. The predicted molar refractivity (Wildman–Crippen MR) is 145 cm³/mol. The van der Waals surface area contributed by atoms with E-state index in [0.29, 0.717) is 30.1 Å². The van der Waals surface area contributed by atoms with Crippen molar-refractivity contribution in [1.29, 1.82) is 0 Å². The lowest BCUT2D eigenvalue weighted by Gasteiger charge is -2.38. The molecule has 9 nitrogen and oxygen atoms in total. The molecule has 2 saturated heterocycles. The van der Waals surface area contributed by atoms with Crippen LogP contribution in [0.15, 0.2) is 78.9 Å². The van der Waals surface area contributed by atoms with E-state index in [1.54, 1.807) is 36.4 Å². The molecule has 2 fully saturated rings. The third-order valence-corrected chi connectivity index (χ3v) is 7.10. The second kappa shape index (κ2) is 11.5. The molecule has 3 aromatic carbocycles. The molecule has 2 heterocycles. The van der Waals surface area contributed by atoms with Gasteiger partial charge in [0.25, 0.3) is 5.91 Å². The number of rotatable bonds is 8. The molecule has 1 unspecified atom stereocenters. The Morgan fingerprint density at radius 1 is 0.821 bits per heavy atom. The number of para-hydroxylation sites is 2. The Kier molecular flexibility index (Phi) is 7.69. The summed E-state index contributed by atoms with van der Waals surface area (Å²) in [5, 5.41) is 0. The number of nitrogens with zero attached hydrogens (tertiary/aromatic N) is 3. The van der Waals surface area contributed by atoms with Crippen molar-refractivity contribution in [2.75, 3.05) is 49.7 Å². The highest BCUT2D eigenvalue weighted by Gasteiger charge is 2.43. The molecule has 9 heteroatoms. The standard InChI is InChI=1S/C30H29N3O6/c1-38-27-10-6-5-9-24(27)26(34)20-39-30(37)21-11-13-23(14-12-21)33-28(35)19-25(29(33)36)32-17-15-31(16-18-32)22-7-3-2-4-8-22/h2-14,25H,15-20H2,1H3. The summed E-state index contributed by atoms with van der Waals surface area (Å²) in [6.45, 7) is 2.48. The van der Waals surface area contributed by atoms with Crippen molar-refractivity contribution in [2.45, 2.75) is 12.5 Å². The molecule has 200 valence electrons. The summed E-state index contributed by atoms with van der Waals surface area (Å²) in [7, 11) is 1.46. The summed E-state index contributed by atoms with van der Waals surface area (Å²) >= 11 is 0. The maximum atomic E-state index is 13.3. The molecule has 0 aromatic heterocycles. The third kappa shape index (κ3) is 5.53. The first-order valence-electron chi connectivity index (χ1n) is 12.8. The molecule has 2 aliphatic heterocycles. The molecule has 0 aliphatic carbocycles. The van der Waals surface area contributed by atoms with Crippen LogP contribution in [0, 0.1) is 0 Å². The number of amides is 2. The minimum atomic E-state index is -0.682. The SMILES string of the molecule is COc1ccccc1C(=O)COC(=O)c1ccc(N2C(=O)CC(N3CCN(c4ccccc4)CC3)C2=O)cc1. The van der Waals surface area contributed by atoms with Crippen LogP contribution in [0.5, 0.6) is 5.75 Å². The van der Waals surface area contributed by atoms with Crippen molar-refractivity contribution in [3.05, 3.63) is 90.0 Å². The molecule has 39 heavy (non-hydrogen) atoms. The van der Waals surface area contributed by atoms with E-state index in [9.17, 15) is 19.2 Å². The Balaban J connectivity index is 1.18. The van der Waals surface area contributed by atoms with Gasteiger partial charge in [0.15, 0.2) is 6.61 Å². The Bertz CT molecular complexity index is 1370. The third-order valence-electron chi connectivity index (χ3n) is 7.10. The number of anilines is 2. The van der Waals surface area contributed by atoms with E-state index in [4.69, 9.17) is 9.47 Å². The number of piperazine rings is 1. The zero-order valence-corrected chi connectivity index (χ0v) is 21.6. The zero-order chi connectivity index (χ0) is 27.4. The second-order valence-electron chi connectivity index (χ2n) is 9.39. The van der Waals surface area contributed by atoms with E-state index in [0.717, 1.165) is 18.8 Å². The summed E-state index contributed by atoms with van der Waals surface area (Å²) < 4.78 is 10.4. The molecule has 0 radical (unpaired) electrons. The highest BCUT2D eigenvalue weighted by atomic mass is 16.5. The number of ketones is 1. The molecule has 0 spiro atoms. The number of carbonyl (C=O) groups excluding carboxylic acids is 4. The lowest BCUT2D eigenvalue weighted by molar-refractivity contribution is -0.123. The van der Waals surface area contributed by atoms with Gasteiger partial charge in [-0.05, 0) is 48.5 Å². The number of esters is 1. The summed E-state index contributed by atoms with van der Waals surface area (Å²) in [6.07, 6.45) is 0.124. The molecular weight excluding hydrogens is 498 g/mol. The number of benzene rings is 3. The van der Waals surface area contributed by atoms with Crippen molar-refractivity contribution in [1.82, 2.24) is 4.90 Å². The fraction of sp³-hybridized carbons (Fsp3) is 0.267. The summed E-state index contributed by atoms with van der Waals surface area (Å²) in [4.78, 5) is 56.6. The van der Waals surface area contributed by atoms with Gasteiger partial charge in [0.05, 0.1) is 36.4 Å². The normalized spacial score (nSPS) is 17.8. The van der Waals surface area contributed by atoms with Crippen LogP contribution in [-0.4, -0.2) is 74.4 Å². The Hall–Kier alpha value is -4.50. The van der Waals surface area contributed by atoms with E-state index in [1.165, 1.54) is 24.1 Å². The largest absolute Gasteiger partial charge is 0.496 e. The molecule has 5 rings (SSSR count). The quantitative estimate of drug-likeness (QED) is 0.250. The maximum Gasteiger partial charge on any atom is 0.338 e. The number of imide groups is 1. The Labute approximate surface area is 226 Å². The van der Waals surface area contributed by atoms with Crippen LogP contribution in [0.3, 0.4) is 0 Å². The van der Waals surface area contributed by atoms with Crippen LogP contribution in [0.2, 0.25) is 0 Å². The molecule has 1 atom stereocenters. The van der Waals surface area contributed by atoms with Gasteiger partial charge >= 0.3 is 5.97 Å². The monoisotopic (exact) mass is 527 g/mol. The fourth-order valence-electron chi connectivity index (χ4n) is 5.02. The van der Waals surface area contributed by atoms with Gasteiger partial charge in [-0.2, -0.15) is 0 Å². The summed E-state index contributed by atoms with van der Waals surface area (Å²) in [6, 6.07) is 22.4. The van der Waals surface area contributed by atoms with E-state index in [2.05, 4.69) is 21.9 Å². The Morgan fingerprint density at radius 3 is 2.18 bits per heavy atom. The van der Waals surface area contributed by atoms with Crippen LogP contribution in [0.4, 0.5) is 11.4 Å². The van der Waals surface area contributed by atoms with E-state index in [-0.39, 0.29) is 29.6 Å². The highest BCUT2D eigenvalue weighted by Crippen LogP contribution is 2.28. The molecule has 2 amide bonds. The number of methoxy groups -OCH3 is 1. The van der Waals surface area contributed by atoms with Gasteiger partial charge in [-0.25, -0.2) is 9.69 Å². The number of hydrogen-bond acceptors (Lipinski definition) is 8. The molecular formula is C30H29N3O6. The fourth-order valence-corrected chi connectivity index (χ4v) is 5.02. The van der Waals surface area contributed by atoms with E-state index >= 15 is 0 Å². The second-order valence-corrected chi connectivity index (χ2v) is 9.39. The van der Waals surface area contributed by atoms with Gasteiger partial charge in [-0.3, -0.25) is 19.3 Å². The average Bonchev–Trinajstić information content (AvgIpc) is 3.29. The highest BCUT2D eigenvalue weighted by molar-refractivity contribution is 6.22. The summed E-state index contributed by atoms with van der Waals surface area (Å²) in [5.74, 6) is -1.20. The van der Waals surface area contributed by atoms with Gasteiger partial charge in [0.1, 0.15) is 5.75 Å². The predicted octanol–water partition coefficient (Wildman–Crippen LogP) is 3.19. The van der Waals surface area contributed by atoms with Crippen LogP contribution in [0.25, 0.3) is 0 Å².